The SMILES string of the molecule is O=S(=O)(NC(CCl)Cc1ccccc1)c1ccc(Br)cc1. The third kappa shape index (κ3) is 4.81. The van der Waals surface area contributed by atoms with E-state index in [1.165, 1.54) is 0 Å². The fraction of sp³-hybridized carbons (Fsp3) is 0.200. The van der Waals surface area contributed by atoms with Crippen LogP contribution in [0.4, 0.5) is 0 Å². The summed E-state index contributed by atoms with van der Waals surface area (Å²) in [5.41, 5.74) is 1.04. The highest BCUT2D eigenvalue weighted by atomic mass is 79.9. The molecular formula is C15H15BrClNO2S. The van der Waals surface area contributed by atoms with Crippen LogP contribution in [0, 0.1) is 0 Å². The number of benzene rings is 2. The van der Waals surface area contributed by atoms with E-state index in [0.717, 1.165) is 10.0 Å². The maximum Gasteiger partial charge on any atom is 0.240 e. The minimum absolute atomic E-state index is 0.213. The second kappa shape index (κ2) is 7.40. The van der Waals surface area contributed by atoms with Gasteiger partial charge in [0.05, 0.1) is 4.90 Å². The molecule has 0 heterocycles. The van der Waals surface area contributed by atoms with Crippen molar-refractivity contribution in [2.45, 2.75) is 17.4 Å². The van der Waals surface area contributed by atoms with Gasteiger partial charge in [-0.1, -0.05) is 46.3 Å². The van der Waals surface area contributed by atoms with E-state index in [2.05, 4.69) is 20.7 Å². The highest BCUT2D eigenvalue weighted by Gasteiger charge is 2.19. The minimum Gasteiger partial charge on any atom is -0.207 e. The molecule has 0 aliphatic rings. The van der Waals surface area contributed by atoms with E-state index in [4.69, 9.17) is 11.6 Å². The molecule has 6 heteroatoms. The Kier molecular flexibility index (Phi) is 5.81. The van der Waals surface area contributed by atoms with Crippen LogP contribution in [-0.2, 0) is 16.4 Å². The van der Waals surface area contributed by atoms with Crippen molar-refractivity contribution >= 4 is 37.6 Å². The Bertz CT molecular complexity index is 675. The first-order chi connectivity index (χ1) is 10.0. The lowest BCUT2D eigenvalue weighted by Crippen LogP contribution is -2.37. The molecule has 1 N–H and O–H groups in total. The van der Waals surface area contributed by atoms with Crippen LogP contribution >= 0.6 is 27.5 Å². The fourth-order valence-corrected chi connectivity index (χ4v) is 3.71. The van der Waals surface area contributed by atoms with E-state index in [0.29, 0.717) is 6.42 Å². The maximum atomic E-state index is 12.3. The van der Waals surface area contributed by atoms with E-state index in [9.17, 15) is 8.42 Å². The third-order valence-electron chi connectivity index (χ3n) is 2.96. The van der Waals surface area contributed by atoms with Crippen LogP contribution in [0.5, 0.6) is 0 Å². The molecule has 2 rings (SSSR count). The van der Waals surface area contributed by atoms with Crippen molar-refractivity contribution in [2.24, 2.45) is 0 Å². The standard InChI is InChI=1S/C15H15BrClNO2S/c16-13-6-8-15(9-7-13)21(19,20)18-14(11-17)10-12-4-2-1-3-5-12/h1-9,14,18H,10-11H2. The average Bonchev–Trinajstić information content (AvgIpc) is 2.48. The molecule has 0 saturated heterocycles. The molecule has 3 nitrogen and oxygen atoms in total. The van der Waals surface area contributed by atoms with Gasteiger partial charge < -0.3 is 0 Å². The summed E-state index contributed by atoms with van der Waals surface area (Å²) >= 11 is 9.19. The van der Waals surface area contributed by atoms with Crippen LogP contribution in [0.1, 0.15) is 5.56 Å². The van der Waals surface area contributed by atoms with E-state index >= 15 is 0 Å². The zero-order valence-electron chi connectivity index (χ0n) is 11.2. The van der Waals surface area contributed by atoms with Gasteiger partial charge in [-0.15, -0.1) is 11.6 Å². The van der Waals surface area contributed by atoms with Gasteiger partial charge in [-0.25, -0.2) is 13.1 Å². The Balaban J connectivity index is 2.12. The molecule has 0 amide bonds. The van der Waals surface area contributed by atoms with Gasteiger partial charge in [0.25, 0.3) is 0 Å². The predicted octanol–water partition coefficient (Wildman–Crippen LogP) is 3.58. The Morgan fingerprint density at radius 3 is 2.24 bits per heavy atom. The number of hydrogen-bond donors (Lipinski definition) is 1. The number of alkyl halides is 1. The molecule has 0 fully saturated rings. The van der Waals surface area contributed by atoms with Crippen molar-refractivity contribution in [3.8, 4) is 0 Å². The largest absolute Gasteiger partial charge is 0.240 e. The summed E-state index contributed by atoms with van der Waals surface area (Å²) in [7, 11) is -3.56. The summed E-state index contributed by atoms with van der Waals surface area (Å²) in [5, 5.41) is 0. The topological polar surface area (TPSA) is 46.2 Å². The molecule has 0 aliphatic heterocycles. The maximum absolute atomic E-state index is 12.3. The Morgan fingerprint density at radius 2 is 1.67 bits per heavy atom. The van der Waals surface area contributed by atoms with Gasteiger partial charge in [-0.3, -0.25) is 0 Å². The first-order valence-corrected chi connectivity index (χ1v) is 9.20. The van der Waals surface area contributed by atoms with Gasteiger partial charge in [0.2, 0.25) is 10.0 Å². The zero-order chi connectivity index (χ0) is 15.3. The first-order valence-electron chi connectivity index (χ1n) is 6.39. The van der Waals surface area contributed by atoms with Crippen molar-refractivity contribution in [3.63, 3.8) is 0 Å². The molecule has 0 saturated carbocycles. The second-order valence-corrected chi connectivity index (χ2v) is 7.55. The van der Waals surface area contributed by atoms with Crippen molar-refractivity contribution in [1.82, 2.24) is 4.72 Å². The van der Waals surface area contributed by atoms with Crippen molar-refractivity contribution in [1.29, 1.82) is 0 Å². The number of sulfonamides is 1. The Hall–Kier alpha value is -0.880. The van der Waals surface area contributed by atoms with Crippen molar-refractivity contribution in [3.05, 3.63) is 64.6 Å². The molecule has 112 valence electrons. The summed E-state index contributed by atoms with van der Waals surface area (Å²) in [6, 6.07) is 15.8. The summed E-state index contributed by atoms with van der Waals surface area (Å²) in [4.78, 5) is 0.230. The highest BCUT2D eigenvalue weighted by Crippen LogP contribution is 2.15. The van der Waals surface area contributed by atoms with Crippen LogP contribution < -0.4 is 4.72 Å². The third-order valence-corrected chi connectivity index (χ3v) is 5.39. The quantitative estimate of drug-likeness (QED) is 0.769. The van der Waals surface area contributed by atoms with Gasteiger partial charge in [0, 0.05) is 16.4 Å². The Morgan fingerprint density at radius 1 is 1.05 bits per heavy atom. The van der Waals surface area contributed by atoms with Crippen LogP contribution in [0.25, 0.3) is 0 Å². The summed E-state index contributed by atoms with van der Waals surface area (Å²) in [5.74, 6) is 0.213. The van der Waals surface area contributed by atoms with Gasteiger partial charge in [-0.2, -0.15) is 0 Å². The lowest BCUT2D eigenvalue weighted by molar-refractivity contribution is 0.561. The van der Waals surface area contributed by atoms with E-state index in [-0.39, 0.29) is 16.8 Å². The summed E-state index contributed by atoms with van der Waals surface area (Å²) in [6.45, 7) is 0. The molecule has 0 aromatic heterocycles. The molecule has 21 heavy (non-hydrogen) atoms. The second-order valence-electron chi connectivity index (χ2n) is 4.62. The monoisotopic (exact) mass is 387 g/mol. The van der Waals surface area contributed by atoms with Gasteiger partial charge in [0.15, 0.2) is 0 Å². The zero-order valence-corrected chi connectivity index (χ0v) is 14.3. The predicted molar refractivity (Wildman–Crippen MR) is 89.1 cm³/mol. The molecule has 0 aliphatic carbocycles. The molecule has 1 atom stereocenters. The van der Waals surface area contributed by atoms with Crippen molar-refractivity contribution < 1.29 is 8.42 Å². The molecule has 2 aromatic rings. The summed E-state index contributed by atoms with van der Waals surface area (Å²) in [6.07, 6.45) is 0.556. The smallest absolute Gasteiger partial charge is 0.207 e. The summed E-state index contributed by atoms with van der Waals surface area (Å²) < 4.78 is 28.1. The van der Waals surface area contributed by atoms with Gasteiger partial charge >= 0.3 is 0 Å². The van der Waals surface area contributed by atoms with Crippen molar-refractivity contribution in [2.75, 3.05) is 5.88 Å². The fourth-order valence-electron chi connectivity index (χ4n) is 1.93. The normalized spacial score (nSPS) is 13.0. The molecule has 0 spiro atoms. The van der Waals surface area contributed by atoms with E-state index in [1.807, 2.05) is 30.3 Å². The molecule has 1 unspecified atom stereocenters. The van der Waals surface area contributed by atoms with E-state index < -0.39 is 10.0 Å². The first kappa shape index (κ1) is 16.5. The average molecular weight is 389 g/mol. The highest BCUT2D eigenvalue weighted by molar-refractivity contribution is 9.10. The lowest BCUT2D eigenvalue weighted by atomic mass is 10.1. The van der Waals surface area contributed by atoms with E-state index in [1.54, 1.807) is 24.3 Å². The molecule has 0 bridgehead atoms. The number of nitrogens with one attached hydrogen (secondary N) is 1. The van der Waals surface area contributed by atoms with Gasteiger partial charge in [0.1, 0.15) is 0 Å². The minimum atomic E-state index is -3.56. The molecular weight excluding hydrogens is 374 g/mol. The van der Waals surface area contributed by atoms with Crippen LogP contribution in [-0.4, -0.2) is 20.3 Å². The number of halogens is 2. The number of hydrogen-bond acceptors (Lipinski definition) is 2. The number of rotatable bonds is 6. The van der Waals surface area contributed by atoms with Gasteiger partial charge in [-0.05, 0) is 36.2 Å². The Labute approximate surface area is 138 Å². The van der Waals surface area contributed by atoms with Crippen LogP contribution in [0.3, 0.4) is 0 Å². The molecule has 2 aromatic carbocycles. The lowest BCUT2D eigenvalue weighted by Gasteiger charge is -2.16. The van der Waals surface area contributed by atoms with Crippen LogP contribution in [0.15, 0.2) is 64.0 Å². The molecule has 0 radical (unpaired) electrons. The van der Waals surface area contributed by atoms with Crippen LogP contribution in [0.2, 0.25) is 0 Å².